The molecule has 0 radical (unpaired) electrons. The van der Waals surface area contributed by atoms with Crippen LogP contribution in [-0.4, -0.2) is 18.3 Å². The second-order valence-electron chi connectivity index (χ2n) is 4.07. The van der Waals surface area contributed by atoms with Gasteiger partial charge in [0.1, 0.15) is 0 Å². The first kappa shape index (κ1) is 11.0. The first-order valence-electron chi connectivity index (χ1n) is 5.83. The van der Waals surface area contributed by atoms with Crippen molar-refractivity contribution in [3.63, 3.8) is 0 Å². The van der Waals surface area contributed by atoms with Gasteiger partial charge in [-0.2, -0.15) is 0 Å². The number of thioether (sulfide) groups is 1. The molecule has 0 spiro atoms. The van der Waals surface area contributed by atoms with Gasteiger partial charge in [-0.05, 0) is 49.3 Å². The van der Waals surface area contributed by atoms with Gasteiger partial charge in [0.05, 0.1) is 0 Å². The minimum absolute atomic E-state index is 0.717. The Morgan fingerprint density at radius 1 is 1.33 bits per heavy atom. The SMILES string of the molecule is CCSc1ccc(CC2CCCN2)cc1. The molecule has 82 valence electrons. The molecule has 0 saturated carbocycles. The molecule has 15 heavy (non-hydrogen) atoms. The molecule has 1 heterocycles. The van der Waals surface area contributed by atoms with E-state index in [0.29, 0.717) is 0 Å². The van der Waals surface area contributed by atoms with Crippen molar-refractivity contribution in [1.29, 1.82) is 0 Å². The van der Waals surface area contributed by atoms with E-state index in [-0.39, 0.29) is 0 Å². The Balaban J connectivity index is 1.91. The van der Waals surface area contributed by atoms with Gasteiger partial charge in [0.25, 0.3) is 0 Å². The van der Waals surface area contributed by atoms with Gasteiger partial charge in [-0.25, -0.2) is 0 Å². The first-order chi connectivity index (χ1) is 7.38. The third-order valence-electron chi connectivity index (χ3n) is 2.88. The maximum atomic E-state index is 3.54. The van der Waals surface area contributed by atoms with Crippen molar-refractivity contribution < 1.29 is 0 Å². The molecule has 1 N–H and O–H groups in total. The molecule has 0 aliphatic carbocycles. The Bertz CT molecular complexity index is 288. The zero-order valence-corrected chi connectivity index (χ0v) is 10.1. The average molecular weight is 221 g/mol. The van der Waals surface area contributed by atoms with Gasteiger partial charge in [-0.1, -0.05) is 19.1 Å². The number of hydrogen-bond donors (Lipinski definition) is 1. The van der Waals surface area contributed by atoms with E-state index in [0.717, 1.165) is 11.8 Å². The highest BCUT2D eigenvalue weighted by molar-refractivity contribution is 7.99. The van der Waals surface area contributed by atoms with Crippen molar-refractivity contribution in [3.8, 4) is 0 Å². The molecule has 1 aliphatic heterocycles. The third kappa shape index (κ3) is 3.25. The van der Waals surface area contributed by atoms with E-state index in [2.05, 4.69) is 36.5 Å². The summed E-state index contributed by atoms with van der Waals surface area (Å²) >= 11 is 1.91. The van der Waals surface area contributed by atoms with Gasteiger partial charge in [0.15, 0.2) is 0 Å². The standard InChI is InChI=1S/C13H19NS/c1-2-15-13-7-5-11(6-8-13)10-12-4-3-9-14-12/h5-8,12,14H,2-4,9-10H2,1H3. The summed E-state index contributed by atoms with van der Waals surface area (Å²) in [5.74, 6) is 1.16. The highest BCUT2D eigenvalue weighted by Crippen LogP contribution is 2.19. The Morgan fingerprint density at radius 2 is 2.13 bits per heavy atom. The summed E-state index contributed by atoms with van der Waals surface area (Å²) < 4.78 is 0. The normalized spacial score (nSPS) is 20.7. The summed E-state index contributed by atoms with van der Waals surface area (Å²) in [7, 11) is 0. The van der Waals surface area contributed by atoms with Gasteiger partial charge in [-0.15, -0.1) is 11.8 Å². The van der Waals surface area contributed by atoms with Gasteiger partial charge >= 0.3 is 0 Å². The summed E-state index contributed by atoms with van der Waals surface area (Å²) in [4.78, 5) is 1.39. The molecule has 1 aliphatic rings. The predicted molar refractivity (Wildman–Crippen MR) is 67.6 cm³/mol. The fourth-order valence-electron chi connectivity index (χ4n) is 2.10. The molecule has 2 heteroatoms. The molecular formula is C13H19NS. The van der Waals surface area contributed by atoms with Crippen LogP contribution in [0.1, 0.15) is 25.3 Å². The van der Waals surface area contributed by atoms with Crippen LogP contribution in [0, 0.1) is 0 Å². The molecular weight excluding hydrogens is 202 g/mol. The van der Waals surface area contributed by atoms with Gasteiger partial charge in [0.2, 0.25) is 0 Å². The number of hydrogen-bond acceptors (Lipinski definition) is 2. The Morgan fingerprint density at radius 3 is 2.73 bits per heavy atom. The zero-order chi connectivity index (χ0) is 10.5. The molecule has 0 bridgehead atoms. The van der Waals surface area contributed by atoms with E-state index in [4.69, 9.17) is 0 Å². The van der Waals surface area contributed by atoms with Crippen LogP contribution in [0.25, 0.3) is 0 Å². The highest BCUT2D eigenvalue weighted by atomic mass is 32.2. The van der Waals surface area contributed by atoms with Crippen LogP contribution in [0.4, 0.5) is 0 Å². The monoisotopic (exact) mass is 221 g/mol. The second-order valence-corrected chi connectivity index (χ2v) is 5.41. The van der Waals surface area contributed by atoms with Gasteiger partial charge in [-0.3, -0.25) is 0 Å². The fourth-order valence-corrected chi connectivity index (χ4v) is 2.77. The van der Waals surface area contributed by atoms with E-state index >= 15 is 0 Å². The van der Waals surface area contributed by atoms with Crippen LogP contribution >= 0.6 is 11.8 Å². The average Bonchev–Trinajstić information content (AvgIpc) is 2.74. The largest absolute Gasteiger partial charge is 0.314 e. The molecule has 0 amide bonds. The molecule has 1 aromatic carbocycles. The molecule has 1 saturated heterocycles. The van der Waals surface area contributed by atoms with E-state index in [1.54, 1.807) is 0 Å². The third-order valence-corrected chi connectivity index (χ3v) is 3.77. The lowest BCUT2D eigenvalue weighted by Gasteiger charge is -2.10. The molecule has 2 rings (SSSR count). The van der Waals surface area contributed by atoms with Gasteiger partial charge in [0, 0.05) is 10.9 Å². The smallest absolute Gasteiger partial charge is 0.0108 e. The maximum Gasteiger partial charge on any atom is 0.0108 e. The molecule has 1 fully saturated rings. The van der Waals surface area contributed by atoms with Crippen molar-refractivity contribution in [2.45, 2.75) is 37.1 Å². The topological polar surface area (TPSA) is 12.0 Å². The fraction of sp³-hybridized carbons (Fsp3) is 0.538. The quantitative estimate of drug-likeness (QED) is 0.784. The van der Waals surface area contributed by atoms with Crippen LogP contribution in [0.15, 0.2) is 29.2 Å². The Kier molecular flexibility index (Phi) is 4.09. The number of rotatable bonds is 4. The predicted octanol–water partition coefficient (Wildman–Crippen LogP) is 3.09. The van der Waals surface area contributed by atoms with Crippen LogP contribution in [0.2, 0.25) is 0 Å². The lowest BCUT2D eigenvalue weighted by Crippen LogP contribution is -2.23. The van der Waals surface area contributed by atoms with Crippen molar-refractivity contribution in [3.05, 3.63) is 29.8 Å². The summed E-state index contributed by atoms with van der Waals surface area (Å²) in [5, 5.41) is 3.54. The van der Waals surface area contributed by atoms with Crippen molar-refractivity contribution in [2.75, 3.05) is 12.3 Å². The second kappa shape index (κ2) is 5.57. The van der Waals surface area contributed by atoms with Crippen LogP contribution in [0.5, 0.6) is 0 Å². The minimum Gasteiger partial charge on any atom is -0.314 e. The molecule has 1 aromatic rings. The van der Waals surface area contributed by atoms with Crippen molar-refractivity contribution >= 4 is 11.8 Å². The first-order valence-corrected chi connectivity index (χ1v) is 6.82. The summed E-state index contributed by atoms with van der Waals surface area (Å²) in [6.07, 6.45) is 3.87. The van der Waals surface area contributed by atoms with Crippen LogP contribution < -0.4 is 5.32 Å². The Hall–Kier alpha value is -0.470. The van der Waals surface area contributed by atoms with Crippen molar-refractivity contribution in [1.82, 2.24) is 5.32 Å². The lowest BCUT2D eigenvalue weighted by molar-refractivity contribution is 0.603. The maximum absolute atomic E-state index is 3.54. The lowest BCUT2D eigenvalue weighted by atomic mass is 10.1. The molecule has 1 atom stereocenters. The number of benzene rings is 1. The van der Waals surface area contributed by atoms with Crippen molar-refractivity contribution in [2.24, 2.45) is 0 Å². The van der Waals surface area contributed by atoms with E-state index in [1.165, 1.54) is 36.3 Å². The van der Waals surface area contributed by atoms with E-state index < -0.39 is 0 Å². The number of nitrogens with one attached hydrogen (secondary N) is 1. The minimum atomic E-state index is 0.717. The van der Waals surface area contributed by atoms with Crippen LogP contribution in [-0.2, 0) is 6.42 Å². The molecule has 1 nitrogen and oxygen atoms in total. The summed E-state index contributed by atoms with van der Waals surface area (Å²) in [5.41, 5.74) is 1.47. The Labute approximate surface area is 96.7 Å². The summed E-state index contributed by atoms with van der Waals surface area (Å²) in [6.45, 7) is 3.40. The molecule has 0 aromatic heterocycles. The van der Waals surface area contributed by atoms with Gasteiger partial charge < -0.3 is 5.32 Å². The summed E-state index contributed by atoms with van der Waals surface area (Å²) in [6, 6.07) is 9.77. The molecule has 1 unspecified atom stereocenters. The highest BCUT2D eigenvalue weighted by Gasteiger charge is 2.13. The zero-order valence-electron chi connectivity index (χ0n) is 9.33. The van der Waals surface area contributed by atoms with Crippen LogP contribution in [0.3, 0.4) is 0 Å². The van der Waals surface area contributed by atoms with E-state index in [1.807, 2.05) is 11.8 Å². The van der Waals surface area contributed by atoms with E-state index in [9.17, 15) is 0 Å².